The molecule has 3 aromatic rings. The first-order chi connectivity index (χ1) is 14.1. The van der Waals surface area contributed by atoms with Crippen LogP contribution in [0.3, 0.4) is 0 Å². The van der Waals surface area contributed by atoms with Crippen LogP contribution in [0.4, 0.5) is 8.78 Å². The summed E-state index contributed by atoms with van der Waals surface area (Å²) < 4.78 is 32.6. The van der Waals surface area contributed by atoms with E-state index in [-0.39, 0.29) is 23.6 Å². The average Bonchev–Trinajstić information content (AvgIpc) is 2.74. The number of para-hydroxylation sites is 1. The number of hydrogen-bond acceptors (Lipinski definition) is 4. The van der Waals surface area contributed by atoms with Crippen molar-refractivity contribution >= 4 is 12.1 Å². The average molecular weight is 391 g/mol. The van der Waals surface area contributed by atoms with Gasteiger partial charge in [0.05, 0.1) is 23.4 Å². The monoisotopic (exact) mass is 391 g/mol. The number of carbonyl (C=O) groups excluding carboxylic acids is 1. The Hall–Kier alpha value is -4.05. The van der Waals surface area contributed by atoms with E-state index in [1.165, 1.54) is 30.5 Å². The first-order valence-corrected chi connectivity index (χ1v) is 8.56. The lowest BCUT2D eigenvalue weighted by atomic mass is 10.1. The van der Waals surface area contributed by atoms with Crippen molar-refractivity contribution in [1.29, 1.82) is 5.26 Å². The quantitative estimate of drug-likeness (QED) is 0.506. The first-order valence-electron chi connectivity index (χ1n) is 8.56. The molecule has 0 fully saturated rings. The molecular formula is C22H15F2N3O2. The molecule has 0 aromatic heterocycles. The van der Waals surface area contributed by atoms with Gasteiger partial charge in [-0.3, -0.25) is 4.79 Å². The molecule has 3 rings (SSSR count). The molecule has 0 atom stereocenters. The van der Waals surface area contributed by atoms with Crippen molar-refractivity contribution in [2.24, 2.45) is 5.10 Å². The molecule has 1 N–H and O–H groups in total. The molecule has 5 nitrogen and oxygen atoms in total. The maximum absolute atomic E-state index is 13.9. The van der Waals surface area contributed by atoms with E-state index in [4.69, 9.17) is 10.00 Å². The number of rotatable bonds is 6. The number of hydrazone groups is 1. The van der Waals surface area contributed by atoms with Crippen LogP contribution in [0.25, 0.3) is 0 Å². The van der Waals surface area contributed by atoms with Gasteiger partial charge in [0, 0.05) is 5.56 Å². The smallest absolute Gasteiger partial charge is 0.274 e. The summed E-state index contributed by atoms with van der Waals surface area (Å²) in [6, 6.07) is 18.3. The van der Waals surface area contributed by atoms with E-state index in [9.17, 15) is 13.6 Å². The van der Waals surface area contributed by atoms with E-state index >= 15 is 0 Å². The van der Waals surface area contributed by atoms with Gasteiger partial charge in [-0.05, 0) is 48.0 Å². The molecule has 0 heterocycles. The third-order valence-electron chi connectivity index (χ3n) is 3.94. The lowest BCUT2D eigenvalue weighted by Crippen LogP contribution is -2.19. The van der Waals surface area contributed by atoms with Gasteiger partial charge in [-0.15, -0.1) is 0 Å². The van der Waals surface area contributed by atoms with Crippen molar-refractivity contribution < 1.29 is 18.3 Å². The number of carbonyl (C=O) groups is 1. The van der Waals surface area contributed by atoms with Crippen LogP contribution in [-0.4, -0.2) is 12.1 Å². The van der Waals surface area contributed by atoms with E-state index in [0.717, 1.165) is 11.6 Å². The fourth-order valence-electron chi connectivity index (χ4n) is 2.45. The highest BCUT2D eigenvalue weighted by Gasteiger charge is 2.11. The Balaban J connectivity index is 1.65. The van der Waals surface area contributed by atoms with Crippen molar-refractivity contribution in [2.45, 2.75) is 6.61 Å². The van der Waals surface area contributed by atoms with Crippen LogP contribution in [0.1, 0.15) is 27.0 Å². The Labute approximate surface area is 165 Å². The Morgan fingerprint density at radius 3 is 2.59 bits per heavy atom. The summed E-state index contributed by atoms with van der Waals surface area (Å²) in [7, 11) is 0. The van der Waals surface area contributed by atoms with Crippen LogP contribution < -0.4 is 10.2 Å². The molecule has 144 valence electrons. The number of nitrogens with zero attached hydrogens (tertiary/aromatic N) is 2. The second-order valence-electron chi connectivity index (χ2n) is 5.96. The SMILES string of the molecule is N#Cc1ccc(C(=O)N/N=C\c2ccccc2OCc2ccc(F)cc2)c(F)c1. The van der Waals surface area contributed by atoms with Crippen molar-refractivity contribution in [2.75, 3.05) is 0 Å². The molecule has 1 amide bonds. The van der Waals surface area contributed by atoms with Crippen LogP contribution in [0.5, 0.6) is 5.75 Å². The molecule has 0 aliphatic carbocycles. The zero-order chi connectivity index (χ0) is 20.6. The first kappa shape index (κ1) is 19.7. The summed E-state index contributed by atoms with van der Waals surface area (Å²) in [5.41, 5.74) is 3.53. The minimum absolute atomic E-state index is 0.120. The number of ether oxygens (including phenoxy) is 1. The zero-order valence-electron chi connectivity index (χ0n) is 15.1. The topological polar surface area (TPSA) is 74.5 Å². The Morgan fingerprint density at radius 1 is 1.10 bits per heavy atom. The van der Waals surface area contributed by atoms with Crippen molar-refractivity contribution in [3.63, 3.8) is 0 Å². The lowest BCUT2D eigenvalue weighted by Gasteiger charge is -2.09. The molecule has 0 aliphatic heterocycles. The maximum atomic E-state index is 13.9. The minimum atomic E-state index is -0.806. The van der Waals surface area contributed by atoms with Gasteiger partial charge in [-0.2, -0.15) is 10.4 Å². The third-order valence-corrected chi connectivity index (χ3v) is 3.94. The van der Waals surface area contributed by atoms with Gasteiger partial charge in [0.1, 0.15) is 24.0 Å². The molecule has 3 aromatic carbocycles. The molecule has 0 unspecified atom stereocenters. The number of benzene rings is 3. The Morgan fingerprint density at radius 2 is 1.86 bits per heavy atom. The zero-order valence-corrected chi connectivity index (χ0v) is 15.1. The number of nitriles is 1. The second kappa shape index (κ2) is 9.24. The van der Waals surface area contributed by atoms with E-state index in [0.29, 0.717) is 11.3 Å². The molecule has 0 spiro atoms. The van der Waals surface area contributed by atoms with E-state index in [1.54, 1.807) is 42.5 Å². The van der Waals surface area contributed by atoms with E-state index in [1.807, 2.05) is 0 Å². The largest absolute Gasteiger partial charge is 0.488 e. The lowest BCUT2D eigenvalue weighted by molar-refractivity contribution is 0.0951. The highest BCUT2D eigenvalue weighted by Crippen LogP contribution is 2.18. The summed E-state index contributed by atoms with van der Waals surface area (Å²) in [5, 5.41) is 12.6. The number of amides is 1. The van der Waals surface area contributed by atoms with Crippen LogP contribution in [0.2, 0.25) is 0 Å². The van der Waals surface area contributed by atoms with Gasteiger partial charge in [-0.25, -0.2) is 14.2 Å². The maximum Gasteiger partial charge on any atom is 0.274 e. The molecule has 0 radical (unpaired) electrons. The second-order valence-corrected chi connectivity index (χ2v) is 5.96. The van der Waals surface area contributed by atoms with Crippen LogP contribution in [0, 0.1) is 23.0 Å². The van der Waals surface area contributed by atoms with E-state index in [2.05, 4.69) is 10.5 Å². The van der Waals surface area contributed by atoms with Gasteiger partial charge in [0.15, 0.2) is 0 Å². The molecule has 0 saturated carbocycles. The standard InChI is InChI=1S/C22H15F2N3O2/c23-18-8-5-15(6-9-18)14-29-21-4-2-1-3-17(21)13-26-27-22(28)19-10-7-16(12-25)11-20(19)24/h1-11,13H,14H2,(H,27,28)/b26-13-. The predicted octanol–water partition coefficient (Wildman–Crippen LogP) is 4.18. The van der Waals surface area contributed by atoms with Gasteiger partial charge >= 0.3 is 0 Å². The molecule has 0 aliphatic rings. The highest BCUT2D eigenvalue weighted by atomic mass is 19.1. The van der Waals surface area contributed by atoms with Crippen molar-refractivity contribution in [1.82, 2.24) is 5.43 Å². The number of hydrogen-bond donors (Lipinski definition) is 1. The van der Waals surface area contributed by atoms with Crippen LogP contribution in [0.15, 0.2) is 71.8 Å². The predicted molar refractivity (Wildman–Crippen MR) is 103 cm³/mol. The van der Waals surface area contributed by atoms with Gasteiger partial charge < -0.3 is 4.74 Å². The fraction of sp³-hybridized carbons (Fsp3) is 0.0455. The van der Waals surface area contributed by atoms with E-state index < -0.39 is 11.7 Å². The fourth-order valence-corrected chi connectivity index (χ4v) is 2.45. The molecule has 0 saturated heterocycles. The summed E-state index contributed by atoms with van der Waals surface area (Å²) in [6.45, 7) is 0.230. The normalized spacial score (nSPS) is 10.5. The molecule has 0 bridgehead atoms. The van der Waals surface area contributed by atoms with Crippen molar-refractivity contribution in [3.05, 3.63) is 101 Å². The minimum Gasteiger partial charge on any atom is -0.488 e. The molecular weight excluding hydrogens is 376 g/mol. The summed E-state index contributed by atoms with van der Waals surface area (Å²) in [4.78, 5) is 12.1. The highest BCUT2D eigenvalue weighted by molar-refractivity contribution is 5.95. The third kappa shape index (κ3) is 5.23. The number of nitrogens with one attached hydrogen (secondary N) is 1. The Bertz CT molecular complexity index is 1090. The van der Waals surface area contributed by atoms with Crippen LogP contribution in [-0.2, 0) is 6.61 Å². The van der Waals surface area contributed by atoms with Crippen molar-refractivity contribution in [3.8, 4) is 11.8 Å². The van der Waals surface area contributed by atoms with Gasteiger partial charge in [-0.1, -0.05) is 24.3 Å². The summed E-state index contributed by atoms with van der Waals surface area (Å²) in [5.74, 6) is -1.36. The number of halogens is 2. The molecule has 7 heteroatoms. The molecule has 29 heavy (non-hydrogen) atoms. The Kier molecular flexibility index (Phi) is 6.28. The summed E-state index contributed by atoms with van der Waals surface area (Å²) >= 11 is 0. The van der Waals surface area contributed by atoms with Gasteiger partial charge in [0.2, 0.25) is 0 Å². The van der Waals surface area contributed by atoms with Gasteiger partial charge in [0.25, 0.3) is 5.91 Å². The van der Waals surface area contributed by atoms with Crippen LogP contribution >= 0.6 is 0 Å². The summed E-state index contributed by atoms with van der Waals surface area (Å²) in [6.07, 6.45) is 1.37.